The molecule has 0 atom stereocenters. The summed E-state index contributed by atoms with van der Waals surface area (Å²) >= 11 is 0. The summed E-state index contributed by atoms with van der Waals surface area (Å²) in [6, 6.07) is 0.0866. The molecule has 0 aromatic carbocycles. The molecule has 9 nitrogen and oxygen atoms in total. The summed E-state index contributed by atoms with van der Waals surface area (Å²) in [4.78, 5) is 39.9. The summed E-state index contributed by atoms with van der Waals surface area (Å²) in [5, 5.41) is 16.1. The first-order chi connectivity index (χ1) is 12.8. The second kappa shape index (κ2) is 7.58. The number of aromatic nitrogens is 2. The molecule has 148 valence electrons. The van der Waals surface area contributed by atoms with E-state index in [2.05, 4.69) is 10.4 Å². The van der Waals surface area contributed by atoms with Crippen molar-refractivity contribution in [3.8, 4) is 0 Å². The van der Waals surface area contributed by atoms with Crippen LogP contribution in [0.2, 0.25) is 0 Å². The van der Waals surface area contributed by atoms with Gasteiger partial charge in [-0.05, 0) is 39.5 Å². The molecule has 2 fully saturated rings. The zero-order valence-electron chi connectivity index (χ0n) is 15.8. The minimum absolute atomic E-state index is 0.0866. The highest BCUT2D eigenvalue weighted by Gasteiger charge is 2.32. The Morgan fingerprint density at radius 3 is 2.30 bits per heavy atom. The molecule has 2 N–H and O–H groups in total. The maximum Gasteiger partial charge on any atom is 0.331 e. The SMILES string of the molecule is CC(C)(C(=O)O)n1cc(NC(=O)C2CCN(C(=O)N3CCCC3)CC2)cn1. The molecular formula is C18H27N5O4. The van der Waals surface area contributed by atoms with Crippen LogP contribution in [0, 0.1) is 5.92 Å². The normalized spacial score (nSPS) is 18.6. The first-order valence-corrected chi connectivity index (χ1v) is 9.42. The fourth-order valence-corrected chi connectivity index (χ4v) is 3.48. The van der Waals surface area contributed by atoms with Gasteiger partial charge < -0.3 is 20.2 Å². The Kier molecular flexibility index (Phi) is 5.38. The average molecular weight is 377 g/mol. The molecule has 9 heteroatoms. The van der Waals surface area contributed by atoms with Gasteiger partial charge in [0.2, 0.25) is 5.91 Å². The number of rotatable bonds is 4. The minimum Gasteiger partial charge on any atom is -0.479 e. The van der Waals surface area contributed by atoms with E-state index in [9.17, 15) is 19.5 Å². The number of aliphatic carboxylic acids is 1. The van der Waals surface area contributed by atoms with E-state index in [0.29, 0.717) is 31.6 Å². The fourth-order valence-electron chi connectivity index (χ4n) is 3.48. The molecule has 3 rings (SSSR count). The lowest BCUT2D eigenvalue weighted by molar-refractivity contribution is -0.146. The standard InChI is InChI=1S/C18H27N5O4/c1-18(2,16(25)26)23-12-14(11-19-23)20-15(24)13-5-9-22(10-6-13)17(27)21-7-3-4-8-21/h11-13H,3-10H2,1-2H3,(H,20,24)(H,25,26). The van der Waals surface area contributed by atoms with Crippen molar-refractivity contribution in [2.45, 2.75) is 45.1 Å². The van der Waals surface area contributed by atoms with Gasteiger partial charge >= 0.3 is 12.0 Å². The van der Waals surface area contributed by atoms with Gasteiger partial charge in [-0.1, -0.05) is 0 Å². The number of likely N-dealkylation sites (tertiary alicyclic amines) is 2. The molecule has 0 aliphatic carbocycles. The number of urea groups is 1. The van der Waals surface area contributed by atoms with Gasteiger partial charge in [-0.25, -0.2) is 9.59 Å². The first kappa shape index (κ1) is 19.2. The highest BCUT2D eigenvalue weighted by Crippen LogP contribution is 2.22. The molecule has 0 unspecified atom stereocenters. The molecule has 2 aliphatic heterocycles. The summed E-state index contributed by atoms with van der Waals surface area (Å²) in [5.74, 6) is -1.28. The number of hydrogen-bond donors (Lipinski definition) is 2. The number of nitrogens with one attached hydrogen (secondary N) is 1. The van der Waals surface area contributed by atoms with Crippen LogP contribution in [-0.2, 0) is 15.1 Å². The third-order valence-electron chi connectivity index (χ3n) is 5.46. The Hall–Kier alpha value is -2.58. The zero-order chi connectivity index (χ0) is 19.6. The highest BCUT2D eigenvalue weighted by atomic mass is 16.4. The topological polar surface area (TPSA) is 108 Å². The molecular weight excluding hydrogens is 350 g/mol. The Bertz CT molecular complexity index is 715. The van der Waals surface area contributed by atoms with E-state index in [1.165, 1.54) is 17.1 Å². The largest absolute Gasteiger partial charge is 0.479 e. The molecule has 2 saturated heterocycles. The Labute approximate surface area is 158 Å². The predicted octanol–water partition coefficient (Wildman–Crippen LogP) is 1.57. The van der Waals surface area contributed by atoms with Gasteiger partial charge in [0, 0.05) is 38.3 Å². The summed E-state index contributed by atoms with van der Waals surface area (Å²) < 4.78 is 1.32. The van der Waals surface area contributed by atoms with Crippen LogP contribution in [0.15, 0.2) is 12.4 Å². The van der Waals surface area contributed by atoms with Crippen molar-refractivity contribution in [3.63, 3.8) is 0 Å². The second-order valence-electron chi connectivity index (χ2n) is 7.77. The number of amides is 3. The van der Waals surface area contributed by atoms with E-state index in [4.69, 9.17) is 0 Å². The zero-order valence-corrected chi connectivity index (χ0v) is 15.8. The van der Waals surface area contributed by atoms with Crippen LogP contribution in [-0.4, -0.2) is 68.8 Å². The molecule has 0 spiro atoms. The van der Waals surface area contributed by atoms with Crippen LogP contribution in [0.3, 0.4) is 0 Å². The minimum atomic E-state index is -1.19. The molecule has 2 aliphatic rings. The Balaban J connectivity index is 1.52. The Morgan fingerprint density at radius 1 is 1.11 bits per heavy atom. The van der Waals surface area contributed by atoms with Crippen molar-refractivity contribution in [2.75, 3.05) is 31.5 Å². The quantitative estimate of drug-likeness (QED) is 0.828. The number of piperidine rings is 1. The van der Waals surface area contributed by atoms with Crippen LogP contribution >= 0.6 is 0 Å². The summed E-state index contributed by atoms with van der Waals surface area (Å²) in [6.07, 6.45) is 6.36. The van der Waals surface area contributed by atoms with Gasteiger partial charge in [0.25, 0.3) is 0 Å². The Morgan fingerprint density at radius 2 is 1.70 bits per heavy atom. The molecule has 3 heterocycles. The van der Waals surface area contributed by atoms with Crippen LogP contribution in [0.4, 0.5) is 10.5 Å². The van der Waals surface area contributed by atoms with E-state index in [-0.39, 0.29) is 17.9 Å². The number of carboxylic acids is 1. The molecule has 1 aromatic heterocycles. The number of carbonyl (C=O) groups is 3. The van der Waals surface area contributed by atoms with Crippen LogP contribution < -0.4 is 5.32 Å². The van der Waals surface area contributed by atoms with E-state index >= 15 is 0 Å². The first-order valence-electron chi connectivity index (χ1n) is 9.42. The van der Waals surface area contributed by atoms with Gasteiger partial charge in [0.1, 0.15) is 0 Å². The number of carboxylic acid groups (broad SMARTS) is 1. The third kappa shape index (κ3) is 4.06. The summed E-state index contributed by atoms with van der Waals surface area (Å²) in [6.45, 7) is 5.91. The van der Waals surface area contributed by atoms with Gasteiger partial charge in [0.05, 0.1) is 11.9 Å². The number of hydrogen-bond acceptors (Lipinski definition) is 4. The number of carbonyl (C=O) groups excluding carboxylic acids is 2. The molecule has 0 radical (unpaired) electrons. The van der Waals surface area contributed by atoms with E-state index in [1.807, 2.05) is 9.80 Å². The van der Waals surface area contributed by atoms with Crippen molar-refractivity contribution in [1.82, 2.24) is 19.6 Å². The maximum absolute atomic E-state index is 12.5. The van der Waals surface area contributed by atoms with Crippen molar-refractivity contribution in [1.29, 1.82) is 0 Å². The second-order valence-corrected chi connectivity index (χ2v) is 7.77. The van der Waals surface area contributed by atoms with Crippen molar-refractivity contribution >= 4 is 23.6 Å². The van der Waals surface area contributed by atoms with Gasteiger partial charge in [0.15, 0.2) is 5.54 Å². The lowest BCUT2D eigenvalue weighted by atomic mass is 9.96. The number of anilines is 1. The fraction of sp³-hybridized carbons (Fsp3) is 0.667. The van der Waals surface area contributed by atoms with Crippen molar-refractivity contribution in [3.05, 3.63) is 12.4 Å². The predicted molar refractivity (Wildman–Crippen MR) is 98.3 cm³/mol. The molecule has 3 amide bonds. The monoisotopic (exact) mass is 377 g/mol. The maximum atomic E-state index is 12.5. The van der Waals surface area contributed by atoms with E-state index < -0.39 is 11.5 Å². The van der Waals surface area contributed by atoms with Crippen LogP contribution in [0.5, 0.6) is 0 Å². The molecule has 1 aromatic rings. The molecule has 0 bridgehead atoms. The van der Waals surface area contributed by atoms with Gasteiger partial charge in [-0.2, -0.15) is 5.10 Å². The van der Waals surface area contributed by atoms with Crippen molar-refractivity contribution < 1.29 is 19.5 Å². The van der Waals surface area contributed by atoms with E-state index in [0.717, 1.165) is 25.9 Å². The smallest absolute Gasteiger partial charge is 0.331 e. The average Bonchev–Trinajstić information content (AvgIpc) is 3.33. The van der Waals surface area contributed by atoms with Gasteiger partial charge in [-0.15, -0.1) is 0 Å². The third-order valence-corrected chi connectivity index (χ3v) is 5.46. The highest BCUT2D eigenvalue weighted by molar-refractivity contribution is 5.92. The van der Waals surface area contributed by atoms with Crippen molar-refractivity contribution in [2.24, 2.45) is 5.92 Å². The summed E-state index contributed by atoms with van der Waals surface area (Å²) in [5.41, 5.74) is -0.713. The van der Waals surface area contributed by atoms with Gasteiger partial charge in [-0.3, -0.25) is 9.48 Å². The number of nitrogens with zero attached hydrogens (tertiary/aromatic N) is 4. The lowest BCUT2D eigenvalue weighted by Crippen LogP contribution is -2.47. The molecule has 27 heavy (non-hydrogen) atoms. The van der Waals surface area contributed by atoms with E-state index in [1.54, 1.807) is 13.8 Å². The lowest BCUT2D eigenvalue weighted by Gasteiger charge is -2.33. The molecule has 0 saturated carbocycles. The van der Waals surface area contributed by atoms with Crippen LogP contribution in [0.1, 0.15) is 39.5 Å². The summed E-state index contributed by atoms with van der Waals surface area (Å²) in [7, 11) is 0. The van der Waals surface area contributed by atoms with Crippen LogP contribution in [0.25, 0.3) is 0 Å².